The number of carbonyl (C=O) groups excluding carboxylic acids is 1. The minimum absolute atomic E-state index is 0.200. The second-order valence-corrected chi connectivity index (χ2v) is 7.31. The van der Waals surface area contributed by atoms with Crippen molar-refractivity contribution < 1.29 is 23.9 Å². The van der Waals surface area contributed by atoms with Crippen molar-refractivity contribution in [1.82, 2.24) is 4.90 Å². The van der Waals surface area contributed by atoms with Crippen LogP contribution in [0.25, 0.3) is 0 Å². The molecule has 1 atom stereocenters. The van der Waals surface area contributed by atoms with Crippen molar-refractivity contribution in [2.75, 3.05) is 27.3 Å². The van der Waals surface area contributed by atoms with Gasteiger partial charge in [-0.2, -0.15) is 0 Å². The SMILES string of the molecule is [2H]c1c([2H])c([2H])c(CN2CCC(C([2H])([2H])C3Cc4cc(OC)c(OC)cc4C3=O)CC2)c([2H])c1[2H]. The van der Waals surface area contributed by atoms with Crippen molar-refractivity contribution in [1.29, 1.82) is 0 Å². The van der Waals surface area contributed by atoms with Gasteiger partial charge in [0.05, 0.1) is 21.1 Å². The highest BCUT2D eigenvalue weighted by Crippen LogP contribution is 2.39. The van der Waals surface area contributed by atoms with Crippen LogP contribution in [-0.4, -0.2) is 38.0 Å². The Hall–Kier alpha value is -2.33. The van der Waals surface area contributed by atoms with Gasteiger partial charge in [0, 0.05) is 20.8 Å². The summed E-state index contributed by atoms with van der Waals surface area (Å²) in [6, 6.07) is 1.88. The maximum Gasteiger partial charge on any atom is 0.166 e. The summed E-state index contributed by atoms with van der Waals surface area (Å²) in [4.78, 5) is 15.2. The number of likely N-dealkylation sites (tertiary alicyclic amines) is 1. The average Bonchev–Trinajstić information content (AvgIpc) is 3.19. The number of Topliss-reactive ketones (excluding diaryl/α,β-unsaturated/α-hetero) is 1. The second-order valence-electron chi connectivity index (χ2n) is 7.31. The predicted octanol–water partition coefficient (Wildman–Crippen LogP) is 4.36. The molecule has 1 heterocycles. The van der Waals surface area contributed by atoms with Gasteiger partial charge < -0.3 is 9.47 Å². The van der Waals surface area contributed by atoms with E-state index < -0.39 is 18.3 Å². The number of ketones is 1. The zero-order chi connectivity index (χ0) is 25.7. The van der Waals surface area contributed by atoms with E-state index in [0.29, 0.717) is 49.4 Å². The summed E-state index contributed by atoms with van der Waals surface area (Å²) in [6.07, 6.45) is -0.375. The molecular weight excluding hydrogens is 350 g/mol. The van der Waals surface area contributed by atoms with Crippen LogP contribution < -0.4 is 9.47 Å². The number of rotatable bonds is 6. The zero-order valence-corrected chi connectivity index (χ0v) is 16.2. The Morgan fingerprint density at radius 3 is 2.46 bits per heavy atom. The summed E-state index contributed by atoms with van der Waals surface area (Å²) < 4.78 is 68.2. The van der Waals surface area contributed by atoms with E-state index in [9.17, 15) is 4.79 Å². The maximum absolute atomic E-state index is 13.2. The molecule has 28 heavy (non-hydrogen) atoms. The number of piperidine rings is 1. The summed E-state index contributed by atoms with van der Waals surface area (Å²) >= 11 is 0. The standard InChI is InChI=1S/C24H29NO3/c1-27-22-14-19-13-20(24(26)21(19)15-23(22)28-2)12-17-8-10-25(11-9-17)16-18-6-4-3-5-7-18/h3-7,14-15,17,20H,8-13,16H2,1-2H3/i3D,4D,5D,6D,7D,12D2. The fourth-order valence-electron chi connectivity index (χ4n) is 4.08. The first-order valence-electron chi connectivity index (χ1n) is 13.1. The number of nitrogens with zero attached hydrogens (tertiary/aromatic N) is 1. The summed E-state index contributed by atoms with van der Waals surface area (Å²) in [5.74, 6) is -0.367. The summed E-state index contributed by atoms with van der Waals surface area (Å²) in [5, 5.41) is 0. The number of ether oxygens (including phenoxy) is 2. The third-order valence-electron chi connectivity index (χ3n) is 5.57. The Morgan fingerprint density at radius 1 is 1.11 bits per heavy atom. The monoisotopic (exact) mass is 386 g/mol. The molecule has 0 radical (unpaired) electrons. The third-order valence-corrected chi connectivity index (χ3v) is 5.57. The summed E-state index contributed by atoms with van der Waals surface area (Å²) in [6.45, 7) is 1.24. The molecule has 1 fully saturated rings. The summed E-state index contributed by atoms with van der Waals surface area (Å²) in [5.41, 5.74) is 1.50. The van der Waals surface area contributed by atoms with Crippen molar-refractivity contribution in [2.24, 2.45) is 11.8 Å². The lowest BCUT2D eigenvalue weighted by Crippen LogP contribution is -2.34. The molecule has 2 aliphatic rings. The molecule has 1 saturated heterocycles. The van der Waals surface area contributed by atoms with Crippen molar-refractivity contribution >= 4 is 5.78 Å². The Kier molecular flexibility index (Phi) is 3.66. The molecule has 4 rings (SSSR count). The van der Waals surface area contributed by atoms with E-state index in [1.54, 1.807) is 12.1 Å². The van der Waals surface area contributed by atoms with Gasteiger partial charge in [-0.1, -0.05) is 30.2 Å². The first-order valence-corrected chi connectivity index (χ1v) is 9.58. The molecule has 148 valence electrons. The van der Waals surface area contributed by atoms with Gasteiger partial charge in [-0.3, -0.25) is 9.69 Å². The number of methoxy groups -OCH3 is 2. The number of carbonyl (C=O) groups is 1. The van der Waals surface area contributed by atoms with E-state index in [2.05, 4.69) is 0 Å². The van der Waals surface area contributed by atoms with Gasteiger partial charge in [0.15, 0.2) is 17.3 Å². The van der Waals surface area contributed by atoms with Gasteiger partial charge in [0.2, 0.25) is 0 Å². The van der Waals surface area contributed by atoms with Crippen LogP contribution in [0.4, 0.5) is 0 Å². The quantitative estimate of drug-likeness (QED) is 0.739. The average molecular weight is 387 g/mol. The first kappa shape index (κ1) is 12.3. The Bertz CT molecular complexity index is 1130. The predicted molar refractivity (Wildman–Crippen MR) is 110 cm³/mol. The number of hydrogen-bond acceptors (Lipinski definition) is 4. The number of benzene rings is 2. The molecule has 0 saturated carbocycles. The first-order chi connectivity index (χ1) is 16.5. The van der Waals surface area contributed by atoms with E-state index in [1.807, 2.05) is 4.90 Å². The molecule has 4 nitrogen and oxygen atoms in total. The molecular formula is C24H29NO3. The van der Waals surface area contributed by atoms with E-state index >= 15 is 0 Å². The van der Waals surface area contributed by atoms with E-state index in [1.165, 1.54) is 14.2 Å². The molecule has 1 unspecified atom stereocenters. The van der Waals surface area contributed by atoms with Crippen LogP contribution in [0.2, 0.25) is 0 Å². The highest BCUT2D eigenvalue weighted by molar-refractivity contribution is 6.02. The number of fused-ring (bicyclic) bond motifs is 1. The molecule has 1 aliphatic carbocycles. The van der Waals surface area contributed by atoms with Crippen LogP contribution in [0.15, 0.2) is 42.3 Å². The molecule has 1 aliphatic heterocycles. The molecule has 4 heteroatoms. The lowest BCUT2D eigenvalue weighted by molar-refractivity contribution is 0.0895. The molecule has 0 spiro atoms. The highest BCUT2D eigenvalue weighted by atomic mass is 16.5. The maximum atomic E-state index is 13.2. The van der Waals surface area contributed by atoms with Crippen LogP contribution in [0.5, 0.6) is 11.5 Å². The van der Waals surface area contributed by atoms with Gasteiger partial charge in [-0.25, -0.2) is 0 Å². The fraction of sp³-hybridized carbons (Fsp3) is 0.458. The van der Waals surface area contributed by atoms with Gasteiger partial charge in [-0.05, 0) is 67.9 Å². The molecule has 0 N–H and O–H groups in total. The van der Waals surface area contributed by atoms with E-state index in [0.717, 1.165) is 5.56 Å². The lowest BCUT2D eigenvalue weighted by atomic mass is 9.85. The second kappa shape index (κ2) is 8.36. The van der Waals surface area contributed by atoms with Crippen LogP contribution in [-0.2, 0) is 13.0 Å². The minimum atomic E-state index is -1.71. The largest absolute Gasteiger partial charge is 0.493 e. The Morgan fingerprint density at radius 2 is 1.79 bits per heavy atom. The molecule has 2 aromatic rings. The van der Waals surface area contributed by atoms with Crippen molar-refractivity contribution in [2.45, 2.75) is 32.2 Å². The third kappa shape index (κ3) is 3.93. The topological polar surface area (TPSA) is 38.8 Å². The Balaban J connectivity index is 1.46. The van der Waals surface area contributed by atoms with Crippen LogP contribution in [0.3, 0.4) is 0 Å². The van der Waals surface area contributed by atoms with Gasteiger partial charge in [0.25, 0.3) is 0 Å². The van der Waals surface area contributed by atoms with E-state index in [4.69, 9.17) is 19.1 Å². The zero-order valence-electron chi connectivity index (χ0n) is 23.2. The van der Waals surface area contributed by atoms with Crippen molar-refractivity contribution in [3.63, 3.8) is 0 Å². The summed E-state index contributed by atoms with van der Waals surface area (Å²) in [7, 11) is 3.02. The lowest BCUT2D eigenvalue weighted by Gasteiger charge is -2.32. The minimum Gasteiger partial charge on any atom is -0.493 e. The van der Waals surface area contributed by atoms with Gasteiger partial charge in [-0.15, -0.1) is 0 Å². The van der Waals surface area contributed by atoms with Crippen LogP contribution >= 0.6 is 0 Å². The van der Waals surface area contributed by atoms with Gasteiger partial charge in [0.1, 0.15) is 0 Å². The molecule has 2 aromatic carbocycles. The number of hydrogen-bond donors (Lipinski definition) is 0. The van der Waals surface area contributed by atoms with Crippen LogP contribution in [0.1, 0.15) is 50.3 Å². The Labute approximate surface area is 177 Å². The molecule has 0 bridgehead atoms. The van der Waals surface area contributed by atoms with Gasteiger partial charge >= 0.3 is 0 Å². The molecule has 0 aromatic heterocycles. The normalized spacial score (nSPS) is 24.3. The van der Waals surface area contributed by atoms with Crippen molar-refractivity contribution in [3.8, 4) is 11.5 Å². The molecule has 0 amide bonds. The fourth-order valence-corrected chi connectivity index (χ4v) is 4.08. The van der Waals surface area contributed by atoms with Crippen LogP contribution in [0, 0.1) is 11.8 Å². The highest BCUT2D eigenvalue weighted by Gasteiger charge is 2.34. The van der Waals surface area contributed by atoms with Crippen molar-refractivity contribution in [3.05, 3.63) is 59.0 Å². The smallest absolute Gasteiger partial charge is 0.166 e. The van der Waals surface area contributed by atoms with E-state index in [-0.39, 0.29) is 48.0 Å².